The lowest BCUT2D eigenvalue weighted by Crippen LogP contribution is -2.56. The number of rotatable bonds is 12. The van der Waals surface area contributed by atoms with Gasteiger partial charge >= 0.3 is 12.1 Å². The Bertz CT molecular complexity index is 854. The number of nitrogens with one attached hydrogen (secondary N) is 1. The zero-order valence-corrected chi connectivity index (χ0v) is 22.4. The number of amides is 3. The Kier molecular flexibility index (Phi) is 10.6. The predicted molar refractivity (Wildman–Crippen MR) is 140 cm³/mol. The van der Waals surface area contributed by atoms with Gasteiger partial charge in [-0.05, 0) is 62.3 Å². The van der Waals surface area contributed by atoms with E-state index in [-0.39, 0.29) is 23.7 Å². The minimum absolute atomic E-state index is 0.0724. The van der Waals surface area contributed by atoms with Gasteiger partial charge in [-0.3, -0.25) is 4.79 Å². The van der Waals surface area contributed by atoms with Gasteiger partial charge in [-0.15, -0.1) is 0 Å². The first-order valence-electron chi connectivity index (χ1n) is 13.6. The first kappa shape index (κ1) is 28.0. The van der Waals surface area contributed by atoms with Gasteiger partial charge in [0.05, 0.1) is 6.04 Å². The largest absolute Gasteiger partial charge is 0.426 e. The fourth-order valence-corrected chi connectivity index (χ4v) is 4.92. The molecule has 8 heteroatoms. The summed E-state index contributed by atoms with van der Waals surface area (Å²) in [6, 6.07) is 9.60. The molecule has 0 aromatic heterocycles. The summed E-state index contributed by atoms with van der Waals surface area (Å²) in [5, 5.41) is 1.37. The van der Waals surface area contributed by atoms with E-state index in [9.17, 15) is 14.4 Å². The van der Waals surface area contributed by atoms with Crippen molar-refractivity contribution in [3.63, 3.8) is 0 Å². The number of carbonyl (C=O) groups is 3. The molecule has 1 unspecified atom stereocenters. The standard InChI is InChI=1S/C28H44N4O4/c1-21(2)19-24(25(33)26-29-32(20-22(3)4)28(35)36-26)31(27(34)30-16-10-6-11-17-30)18-12-9-15-23-13-7-5-8-14-23/h5,7-8,13-14,21-22,24,26,29H,6,9-12,15-20H2,1-4H3/t24-,26?/m0/s1. The summed E-state index contributed by atoms with van der Waals surface area (Å²) in [4.78, 5) is 43.5. The lowest BCUT2D eigenvalue weighted by atomic mass is 9.97. The third kappa shape index (κ3) is 7.95. The smallest absolute Gasteiger partial charge is 0.420 e. The highest BCUT2D eigenvalue weighted by molar-refractivity contribution is 5.93. The molecule has 3 rings (SSSR count). The number of hydrogen-bond acceptors (Lipinski definition) is 5. The van der Waals surface area contributed by atoms with Gasteiger partial charge in [-0.25, -0.2) is 14.6 Å². The summed E-state index contributed by atoms with van der Waals surface area (Å²) in [7, 11) is 0. The van der Waals surface area contributed by atoms with Crippen molar-refractivity contribution in [1.82, 2.24) is 20.2 Å². The molecular formula is C28H44N4O4. The van der Waals surface area contributed by atoms with Crippen molar-refractivity contribution in [3.8, 4) is 0 Å². The highest BCUT2D eigenvalue weighted by Gasteiger charge is 2.42. The van der Waals surface area contributed by atoms with E-state index in [1.807, 2.05) is 36.9 Å². The number of ether oxygens (including phenoxy) is 1. The molecule has 0 radical (unpaired) electrons. The number of hydrazine groups is 1. The van der Waals surface area contributed by atoms with Gasteiger partial charge < -0.3 is 14.5 Å². The van der Waals surface area contributed by atoms with Crippen molar-refractivity contribution in [1.29, 1.82) is 0 Å². The van der Waals surface area contributed by atoms with E-state index in [1.165, 1.54) is 10.6 Å². The third-order valence-electron chi connectivity index (χ3n) is 6.75. The second-order valence-corrected chi connectivity index (χ2v) is 10.9. The van der Waals surface area contributed by atoms with E-state index in [1.54, 1.807) is 4.90 Å². The van der Waals surface area contributed by atoms with Crippen molar-refractivity contribution in [3.05, 3.63) is 35.9 Å². The van der Waals surface area contributed by atoms with Gasteiger partial charge in [0.25, 0.3) is 0 Å². The Morgan fingerprint density at radius 2 is 1.72 bits per heavy atom. The molecule has 1 aromatic carbocycles. The van der Waals surface area contributed by atoms with Crippen LogP contribution in [0.3, 0.4) is 0 Å². The number of unbranched alkanes of at least 4 members (excludes halogenated alkanes) is 1. The Morgan fingerprint density at radius 3 is 2.36 bits per heavy atom. The Balaban J connectivity index is 1.75. The molecule has 2 heterocycles. The summed E-state index contributed by atoms with van der Waals surface area (Å²) >= 11 is 0. The average molecular weight is 501 g/mol. The van der Waals surface area contributed by atoms with Crippen LogP contribution in [-0.2, 0) is 16.0 Å². The van der Waals surface area contributed by atoms with E-state index in [0.717, 1.165) is 51.6 Å². The number of cyclic esters (lactones) is 1. The van der Waals surface area contributed by atoms with Gasteiger partial charge in [-0.2, -0.15) is 5.43 Å². The van der Waals surface area contributed by atoms with Crippen LogP contribution in [0.25, 0.3) is 0 Å². The maximum absolute atomic E-state index is 13.8. The van der Waals surface area contributed by atoms with Gasteiger partial charge in [0, 0.05) is 26.2 Å². The lowest BCUT2D eigenvalue weighted by Gasteiger charge is -2.38. The number of urea groups is 1. The molecule has 8 nitrogen and oxygen atoms in total. The highest BCUT2D eigenvalue weighted by Crippen LogP contribution is 2.22. The average Bonchev–Trinajstić information content (AvgIpc) is 3.22. The molecule has 2 aliphatic rings. The zero-order valence-electron chi connectivity index (χ0n) is 22.4. The monoisotopic (exact) mass is 500 g/mol. The van der Waals surface area contributed by atoms with Gasteiger partial charge in [0.2, 0.25) is 12.0 Å². The number of Topliss-reactive ketones (excluding diaryl/α,β-unsaturated/α-hetero) is 1. The Hall–Kier alpha value is -2.61. The van der Waals surface area contributed by atoms with E-state index in [4.69, 9.17) is 4.74 Å². The molecular weight excluding hydrogens is 456 g/mol. The normalized spacial score (nSPS) is 19.1. The lowest BCUT2D eigenvalue weighted by molar-refractivity contribution is -0.132. The number of piperidine rings is 1. The van der Waals surface area contributed by atoms with Crippen LogP contribution in [-0.4, -0.2) is 71.2 Å². The van der Waals surface area contributed by atoms with Crippen LogP contribution in [0, 0.1) is 11.8 Å². The second-order valence-electron chi connectivity index (χ2n) is 10.9. The first-order valence-corrected chi connectivity index (χ1v) is 13.6. The summed E-state index contributed by atoms with van der Waals surface area (Å²) in [5.41, 5.74) is 4.22. The first-order chi connectivity index (χ1) is 17.3. The fraction of sp³-hybridized carbons (Fsp3) is 0.679. The number of nitrogens with zero attached hydrogens (tertiary/aromatic N) is 3. The van der Waals surface area contributed by atoms with E-state index >= 15 is 0 Å². The molecule has 36 heavy (non-hydrogen) atoms. The van der Waals surface area contributed by atoms with Crippen molar-refractivity contribution in [2.75, 3.05) is 26.2 Å². The number of hydrogen-bond donors (Lipinski definition) is 1. The maximum Gasteiger partial charge on any atom is 0.426 e. The SMILES string of the molecule is CC(C)C[C@@H](C(=O)C1NN(CC(C)C)C(=O)O1)N(CCCCc1ccccc1)C(=O)N1CCCCC1. The molecule has 200 valence electrons. The topological polar surface area (TPSA) is 82.2 Å². The molecule has 0 saturated carbocycles. The minimum Gasteiger partial charge on any atom is -0.420 e. The number of ketones is 1. The van der Waals surface area contributed by atoms with Crippen LogP contribution in [0.4, 0.5) is 9.59 Å². The van der Waals surface area contributed by atoms with Crippen LogP contribution < -0.4 is 5.43 Å². The summed E-state index contributed by atoms with van der Waals surface area (Å²) < 4.78 is 5.43. The summed E-state index contributed by atoms with van der Waals surface area (Å²) in [6.45, 7) is 10.5. The molecule has 0 bridgehead atoms. The van der Waals surface area contributed by atoms with Crippen LogP contribution in [0.2, 0.25) is 0 Å². The molecule has 1 aromatic rings. The summed E-state index contributed by atoms with van der Waals surface area (Å²) in [6.07, 6.45) is 4.68. The molecule has 2 fully saturated rings. The van der Waals surface area contributed by atoms with Crippen LogP contribution in [0.1, 0.15) is 71.8 Å². The van der Waals surface area contributed by atoms with Crippen molar-refractivity contribution in [2.24, 2.45) is 11.8 Å². The van der Waals surface area contributed by atoms with E-state index < -0.39 is 18.4 Å². The van der Waals surface area contributed by atoms with Crippen molar-refractivity contribution < 1.29 is 19.1 Å². The van der Waals surface area contributed by atoms with Crippen LogP contribution in [0.5, 0.6) is 0 Å². The molecule has 2 saturated heterocycles. The number of likely N-dealkylation sites (tertiary alicyclic amines) is 1. The van der Waals surface area contributed by atoms with Gasteiger partial charge in [0.1, 0.15) is 0 Å². The number of carbonyl (C=O) groups excluding carboxylic acids is 3. The molecule has 2 atom stereocenters. The highest BCUT2D eigenvalue weighted by atomic mass is 16.6. The van der Waals surface area contributed by atoms with Crippen molar-refractivity contribution >= 4 is 17.9 Å². The molecule has 0 spiro atoms. The Labute approximate surface area is 216 Å². The van der Waals surface area contributed by atoms with Crippen LogP contribution >= 0.6 is 0 Å². The Morgan fingerprint density at radius 1 is 1.03 bits per heavy atom. The molecule has 1 N–H and O–H groups in total. The molecule has 2 aliphatic heterocycles. The second kappa shape index (κ2) is 13.6. The zero-order chi connectivity index (χ0) is 26.1. The number of benzene rings is 1. The third-order valence-corrected chi connectivity index (χ3v) is 6.75. The predicted octanol–water partition coefficient (Wildman–Crippen LogP) is 4.84. The fourth-order valence-electron chi connectivity index (χ4n) is 4.92. The maximum atomic E-state index is 13.8. The minimum atomic E-state index is -1.07. The quantitative estimate of drug-likeness (QED) is 0.415. The van der Waals surface area contributed by atoms with E-state index in [0.29, 0.717) is 19.5 Å². The molecule has 0 aliphatic carbocycles. The van der Waals surface area contributed by atoms with Gasteiger partial charge in [-0.1, -0.05) is 58.0 Å². The van der Waals surface area contributed by atoms with Gasteiger partial charge in [0.15, 0.2) is 0 Å². The number of aryl methyl sites for hydroxylation is 1. The van der Waals surface area contributed by atoms with E-state index in [2.05, 4.69) is 31.4 Å². The molecule has 3 amide bonds. The summed E-state index contributed by atoms with van der Waals surface area (Å²) in [5.74, 6) is 0.174. The van der Waals surface area contributed by atoms with Crippen LogP contribution in [0.15, 0.2) is 30.3 Å². The van der Waals surface area contributed by atoms with Crippen molar-refractivity contribution in [2.45, 2.75) is 84.9 Å².